The number of rotatable bonds is 7. The van der Waals surface area contributed by atoms with E-state index < -0.39 is 5.82 Å². The first-order valence-electron chi connectivity index (χ1n) is 13.4. The Kier molecular flexibility index (Phi) is 7.72. The number of pyridine rings is 1. The summed E-state index contributed by atoms with van der Waals surface area (Å²) in [5, 5.41) is 6.72. The first kappa shape index (κ1) is 27.5. The topological polar surface area (TPSA) is 62.2 Å². The lowest BCUT2D eigenvalue weighted by molar-refractivity contribution is -0.116. The monoisotopic (exact) mass is 555 g/mol. The lowest BCUT2D eigenvalue weighted by atomic mass is 9.96. The van der Waals surface area contributed by atoms with Crippen molar-refractivity contribution in [2.45, 2.75) is 53.1 Å². The third kappa shape index (κ3) is 5.23. The molecule has 1 amide bonds. The van der Waals surface area contributed by atoms with Gasteiger partial charge in [0.1, 0.15) is 5.82 Å². The Labute approximate surface area is 240 Å². The van der Waals surface area contributed by atoms with Crippen molar-refractivity contribution in [3.05, 3.63) is 112 Å². The molecule has 2 aromatic heterocycles. The summed E-state index contributed by atoms with van der Waals surface area (Å²) in [6.45, 7) is 11.0. The van der Waals surface area contributed by atoms with Gasteiger partial charge in [-0.3, -0.25) is 9.78 Å². The Hall–Kier alpha value is -4.04. The smallest absolute Gasteiger partial charge is 0.226 e. The number of amides is 1. The van der Waals surface area contributed by atoms with Gasteiger partial charge in [0.05, 0.1) is 29.2 Å². The molecule has 4 aromatic rings. The van der Waals surface area contributed by atoms with Gasteiger partial charge in [0.2, 0.25) is 5.91 Å². The van der Waals surface area contributed by atoms with Crippen LogP contribution in [-0.4, -0.2) is 32.0 Å². The summed E-state index contributed by atoms with van der Waals surface area (Å²) < 4.78 is 16.4. The molecule has 5 rings (SSSR count). The maximum absolute atomic E-state index is 14.1. The summed E-state index contributed by atoms with van der Waals surface area (Å²) in [6.07, 6.45) is 1.93. The van der Waals surface area contributed by atoms with E-state index >= 15 is 0 Å². The minimum Gasteiger partial charge on any atom is -0.352 e. The molecule has 1 aliphatic rings. The van der Waals surface area contributed by atoms with E-state index in [0.29, 0.717) is 11.7 Å². The molecule has 2 atom stereocenters. The molecule has 0 bridgehead atoms. The molecule has 0 aliphatic carbocycles. The van der Waals surface area contributed by atoms with E-state index in [2.05, 4.69) is 77.9 Å². The third-order valence-electron chi connectivity index (χ3n) is 7.57. The van der Waals surface area contributed by atoms with Crippen LogP contribution >= 0.6 is 12.2 Å². The number of thiocarbonyl (C=S) groups is 1. The number of carbonyl (C=O) groups excluding carboxylic acids is 1. The van der Waals surface area contributed by atoms with Crippen LogP contribution in [0, 0.1) is 40.4 Å². The number of aryl methyl sites for hydroxylation is 4. The van der Waals surface area contributed by atoms with Crippen molar-refractivity contribution < 1.29 is 9.18 Å². The normalized spacial score (nSPS) is 16.8. The zero-order valence-corrected chi connectivity index (χ0v) is 24.3. The zero-order valence-electron chi connectivity index (χ0n) is 23.5. The van der Waals surface area contributed by atoms with Crippen molar-refractivity contribution >= 4 is 28.9 Å². The lowest BCUT2D eigenvalue weighted by Crippen LogP contribution is -2.33. The number of para-hydroxylation sites is 1. The molecule has 2 aromatic carbocycles. The van der Waals surface area contributed by atoms with Crippen LogP contribution in [0.15, 0.2) is 66.9 Å². The maximum Gasteiger partial charge on any atom is 0.226 e. The highest BCUT2D eigenvalue weighted by Gasteiger charge is 2.41. The molecule has 0 spiro atoms. The number of nitrogens with one attached hydrogen (secondary N) is 2. The largest absolute Gasteiger partial charge is 0.352 e. The number of halogens is 1. The number of aromatic nitrogens is 2. The van der Waals surface area contributed by atoms with Gasteiger partial charge in [-0.25, -0.2) is 4.39 Å². The highest BCUT2D eigenvalue weighted by atomic mass is 32.1. The average Bonchev–Trinajstić information content (AvgIpc) is 3.39. The Morgan fingerprint density at radius 2 is 1.73 bits per heavy atom. The lowest BCUT2D eigenvalue weighted by Gasteiger charge is -2.28. The first-order valence-corrected chi connectivity index (χ1v) is 13.9. The molecule has 0 saturated carbocycles. The van der Waals surface area contributed by atoms with E-state index in [4.69, 9.17) is 12.2 Å². The van der Waals surface area contributed by atoms with Crippen LogP contribution in [0.5, 0.6) is 0 Å². The van der Waals surface area contributed by atoms with Gasteiger partial charge in [-0.15, -0.1) is 0 Å². The van der Waals surface area contributed by atoms with E-state index in [1.165, 1.54) is 28.4 Å². The van der Waals surface area contributed by atoms with E-state index in [1.807, 2.05) is 18.2 Å². The zero-order chi connectivity index (χ0) is 28.6. The van der Waals surface area contributed by atoms with E-state index in [1.54, 1.807) is 24.4 Å². The van der Waals surface area contributed by atoms with Crippen LogP contribution in [0.2, 0.25) is 0 Å². The molecule has 3 heterocycles. The molecular weight excluding hydrogens is 521 g/mol. The third-order valence-corrected chi connectivity index (χ3v) is 7.93. The standard InChI is InChI=1S/C32H34FN5OS/c1-19-16-20(2)30(21(3)17-19)38-22(4)18-24(23(38)5)31-29(27-12-8-9-14-34-27)36-32(40)37(31)15-13-28(39)35-26-11-7-6-10-25(26)33/h6-12,14,16-18,29,31H,13,15H2,1-5H3,(H,35,39)(H,36,40). The number of nitrogens with zero attached hydrogens (tertiary/aromatic N) is 3. The van der Waals surface area contributed by atoms with Gasteiger partial charge < -0.3 is 20.1 Å². The fraction of sp³-hybridized carbons (Fsp3) is 0.281. The number of hydrogen-bond acceptors (Lipinski definition) is 3. The predicted molar refractivity (Wildman–Crippen MR) is 161 cm³/mol. The maximum atomic E-state index is 14.1. The van der Waals surface area contributed by atoms with Gasteiger partial charge in [-0.2, -0.15) is 0 Å². The van der Waals surface area contributed by atoms with Crippen LogP contribution in [-0.2, 0) is 4.79 Å². The van der Waals surface area contributed by atoms with Crippen molar-refractivity contribution in [2.24, 2.45) is 0 Å². The van der Waals surface area contributed by atoms with Crippen LogP contribution in [0.4, 0.5) is 10.1 Å². The van der Waals surface area contributed by atoms with Gasteiger partial charge in [0.25, 0.3) is 0 Å². The van der Waals surface area contributed by atoms with Crippen molar-refractivity contribution in [1.82, 2.24) is 19.8 Å². The number of carbonyl (C=O) groups is 1. The molecule has 0 radical (unpaired) electrons. The summed E-state index contributed by atoms with van der Waals surface area (Å²) in [7, 11) is 0. The molecule has 40 heavy (non-hydrogen) atoms. The minimum atomic E-state index is -0.462. The average molecular weight is 556 g/mol. The molecular formula is C32H34FN5OS. The molecule has 2 N–H and O–H groups in total. The van der Waals surface area contributed by atoms with Crippen LogP contribution in [0.3, 0.4) is 0 Å². The second-order valence-electron chi connectivity index (χ2n) is 10.5. The van der Waals surface area contributed by atoms with Crippen molar-refractivity contribution in [3.63, 3.8) is 0 Å². The van der Waals surface area contributed by atoms with Gasteiger partial charge in [-0.05, 0) is 93.9 Å². The van der Waals surface area contributed by atoms with Crippen molar-refractivity contribution in [1.29, 1.82) is 0 Å². The summed E-state index contributed by atoms with van der Waals surface area (Å²) in [4.78, 5) is 19.6. The SMILES string of the molecule is Cc1cc(C)c(-n2c(C)cc(C3C(c4ccccn4)NC(=S)N3CCC(=O)Nc3ccccc3F)c2C)c(C)c1. The van der Waals surface area contributed by atoms with Crippen LogP contribution in [0.1, 0.15) is 57.8 Å². The minimum absolute atomic E-state index is 0.149. The van der Waals surface area contributed by atoms with Crippen LogP contribution < -0.4 is 10.6 Å². The van der Waals surface area contributed by atoms with Gasteiger partial charge in [0, 0.05) is 30.6 Å². The molecule has 8 heteroatoms. The second-order valence-corrected chi connectivity index (χ2v) is 10.9. The molecule has 1 saturated heterocycles. The molecule has 1 aliphatic heterocycles. The predicted octanol–water partition coefficient (Wildman–Crippen LogP) is 6.55. The Morgan fingerprint density at radius 1 is 1.02 bits per heavy atom. The number of benzene rings is 2. The molecule has 206 valence electrons. The Balaban J connectivity index is 1.51. The number of hydrogen-bond donors (Lipinski definition) is 2. The summed E-state index contributed by atoms with van der Waals surface area (Å²) in [6, 6.07) is 18.3. The first-order chi connectivity index (χ1) is 19.2. The fourth-order valence-electron chi connectivity index (χ4n) is 5.94. The summed E-state index contributed by atoms with van der Waals surface area (Å²) in [5.41, 5.74) is 9.26. The van der Waals surface area contributed by atoms with Gasteiger partial charge in [0.15, 0.2) is 5.11 Å². The number of anilines is 1. The summed E-state index contributed by atoms with van der Waals surface area (Å²) >= 11 is 5.82. The second kappa shape index (κ2) is 11.2. The fourth-order valence-corrected chi connectivity index (χ4v) is 6.27. The molecule has 6 nitrogen and oxygen atoms in total. The van der Waals surface area contributed by atoms with E-state index in [-0.39, 0.29) is 30.1 Å². The highest BCUT2D eigenvalue weighted by molar-refractivity contribution is 7.80. The van der Waals surface area contributed by atoms with Gasteiger partial charge >= 0.3 is 0 Å². The van der Waals surface area contributed by atoms with E-state index in [9.17, 15) is 9.18 Å². The Bertz CT molecular complexity index is 1560. The van der Waals surface area contributed by atoms with Gasteiger partial charge in [-0.1, -0.05) is 35.9 Å². The van der Waals surface area contributed by atoms with E-state index in [0.717, 1.165) is 22.6 Å². The molecule has 1 fully saturated rings. The molecule has 2 unspecified atom stereocenters. The van der Waals surface area contributed by atoms with Crippen LogP contribution in [0.25, 0.3) is 5.69 Å². The Morgan fingerprint density at radius 3 is 2.40 bits per heavy atom. The summed E-state index contributed by atoms with van der Waals surface area (Å²) in [5.74, 6) is -0.735. The quantitative estimate of drug-likeness (QED) is 0.253. The van der Waals surface area contributed by atoms with Crippen molar-refractivity contribution in [2.75, 3.05) is 11.9 Å². The highest BCUT2D eigenvalue weighted by Crippen LogP contribution is 2.42. The van der Waals surface area contributed by atoms with Crippen molar-refractivity contribution in [3.8, 4) is 5.69 Å².